The number of thiazole rings is 2. The number of rotatable bonds is 21. The number of aromatic nitrogens is 9. The number of methoxy groups -OCH3 is 2. The maximum atomic E-state index is 11.0. The Kier molecular flexibility index (Phi) is 72.9. The minimum atomic E-state index is 0.0671. The van der Waals surface area contributed by atoms with E-state index in [9.17, 15) is 4.79 Å². The van der Waals surface area contributed by atoms with Gasteiger partial charge in [0.15, 0.2) is 0 Å². The standard InChI is InChI=1S/2C10H14O.C10H14.C9H20N2.2C9H13N.C9H12.C8H18N2.C8H11NO.C8H13N.3C8H11N.2C6H9NS/c1-8(2)9-4-6-10(11-3)7-5-9;1-8(2)9-5-4-6-10(7-9)11-3;1-9(2)8-10-6-4-3-5-7-10;1-9(2)8-11-6-4-10(3)5-7-11;1-8(2)7-9-3-5-10-6-4-9;1-8(2)6-9-4-3-5-10-7-9;1-8(2)9-6-4-3-5-7-9;1-8(2)10-6-4-9(3)5-7-10;1-7(2)9-6-4-3-5-8(9)10;1-7(2)8-5-4-6-9(8)3;1-7(2)8-3-5-9-6-4-8;2*1-7(2)8-4-3-5-9-6-8;1-5(2)6-3-7-4-8-6;1-5(2)6-7-3-4-8-6/h2*4-8H,1-3H3;3-7,9H,8H2,1-2H3;9H,4-8H2,1-3H3;3-6,8H,7H2,1-2H3;3-5,7-8H,6H2,1-2H3;3-8H,1-2H3;8H,4-7H2,1-3H3;3-7H,1-2H3;4-7H,1-3H3;3*3-7H,1-2H3;2*3-5H,1-2H3. The highest BCUT2D eigenvalue weighted by Gasteiger charge is 2.17. The SMILES string of the molecule is CC(C)CN1CCN(C)CC1.CC(C)Cc1ccccc1.CC(C)Cc1cccnc1.CC(C)Cc1ccncc1.CC(C)N1CCN(C)CC1.CC(C)c1ccccc1.CC(C)c1cccn1C.CC(C)c1cccnc1.CC(C)c1cccnc1.CC(C)c1ccncc1.CC(C)c1cncs1.CC(C)c1nccs1.CC(C)n1ccccc1=O.COc1ccc(C(C)C)cc1.COc1cccc(C(C)C)c1. The van der Waals surface area contributed by atoms with E-state index in [0.717, 1.165) is 54.1 Å². The van der Waals surface area contributed by atoms with Crippen molar-refractivity contribution >= 4 is 22.7 Å². The molecular formula is C126H193N13O3S2. The van der Waals surface area contributed by atoms with Crippen LogP contribution in [-0.2, 0) is 26.3 Å². The van der Waals surface area contributed by atoms with Gasteiger partial charge in [0.05, 0.1) is 24.7 Å². The fraction of sp³-hybridized carbons (Fsp3) is 0.492. The highest BCUT2D eigenvalue weighted by molar-refractivity contribution is 7.09. The lowest BCUT2D eigenvalue weighted by molar-refractivity contribution is 0.126. The van der Waals surface area contributed by atoms with Crippen molar-refractivity contribution in [2.45, 2.75) is 292 Å². The maximum absolute atomic E-state index is 11.0. The second-order valence-electron chi connectivity index (χ2n) is 41.5. The van der Waals surface area contributed by atoms with Crippen LogP contribution in [0.2, 0.25) is 0 Å². The van der Waals surface area contributed by atoms with Gasteiger partial charge in [0.1, 0.15) is 11.5 Å². The average Bonchev–Trinajstić information content (AvgIpc) is 1.35. The number of ether oxygens (including phenoxy) is 2. The normalized spacial score (nSPS) is 12.2. The van der Waals surface area contributed by atoms with Gasteiger partial charge in [-0.15, -0.1) is 22.7 Å². The van der Waals surface area contributed by atoms with E-state index < -0.39 is 0 Å². The molecule has 2 fully saturated rings. The molecule has 16 nitrogen and oxygen atoms in total. The molecule has 2 saturated heterocycles. The van der Waals surface area contributed by atoms with Crippen LogP contribution in [0, 0.1) is 23.7 Å². The zero-order chi connectivity index (χ0) is 108. The molecule has 144 heavy (non-hydrogen) atoms. The van der Waals surface area contributed by atoms with Crippen LogP contribution in [0.5, 0.6) is 11.5 Å². The summed E-state index contributed by atoms with van der Waals surface area (Å²) in [6.45, 7) is 76.9. The monoisotopic (exact) mass is 2000 g/mol. The summed E-state index contributed by atoms with van der Waals surface area (Å²) in [5.74, 6) is 10.4. The highest BCUT2D eigenvalue weighted by atomic mass is 32.1. The molecule has 15 rings (SSSR count). The molecule has 0 unspecified atom stereocenters. The Balaban J connectivity index is 0.000000772. The lowest BCUT2D eigenvalue weighted by Gasteiger charge is -2.34. The summed E-state index contributed by atoms with van der Waals surface area (Å²) in [6, 6.07) is 68.4. The smallest absolute Gasteiger partial charge is 0.250 e. The van der Waals surface area contributed by atoms with Crippen LogP contribution in [-0.4, -0.2) is 157 Å². The van der Waals surface area contributed by atoms with Gasteiger partial charge in [-0.25, -0.2) is 4.98 Å². The van der Waals surface area contributed by atoms with Crippen LogP contribution in [0.1, 0.15) is 333 Å². The van der Waals surface area contributed by atoms with Crippen LogP contribution < -0.4 is 15.0 Å². The van der Waals surface area contributed by atoms with Crippen molar-refractivity contribution in [1.29, 1.82) is 0 Å². The van der Waals surface area contributed by atoms with E-state index in [1.807, 2.05) is 153 Å². The van der Waals surface area contributed by atoms with Crippen molar-refractivity contribution in [2.75, 3.05) is 87.2 Å². The third-order valence-corrected chi connectivity index (χ3v) is 24.9. The van der Waals surface area contributed by atoms with Gasteiger partial charge < -0.3 is 33.3 Å². The minimum absolute atomic E-state index is 0.0671. The van der Waals surface area contributed by atoms with E-state index in [1.165, 1.54) is 131 Å². The predicted molar refractivity (Wildman–Crippen MR) is 626 cm³/mol. The van der Waals surface area contributed by atoms with E-state index in [4.69, 9.17) is 9.47 Å². The summed E-state index contributed by atoms with van der Waals surface area (Å²) in [7, 11) is 9.85. The molecule has 0 N–H and O–H groups in total. The first kappa shape index (κ1) is 132. The van der Waals surface area contributed by atoms with Gasteiger partial charge in [0, 0.05) is 193 Å². The number of piperazine rings is 2. The topological polar surface area (TPSA) is 149 Å². The molecule has 0 radical (unpaired) electrons. The van der Waals surface area contributed by atoms with Gasteiger partial charge in [0.25, 0.3) is 5.56 Å². The minimum Gasteiger partial charge on any atom is -0.497 e. The summed E-state index contributed by atoms with van der Waals surface area (Å²) in [6.07, 6.45) is 29.6. The first-order valence-electron chi connectivity index (χ1n) is 52.7. The molecule has 0 aliphatic carbocycles. The molecule has 18 heteroatoms. The van der Waals surface area contributed by atoms with Gasteiger partial charge >= 0.3 is 0 Å². The number of aryl methyl sites for hydroxylation is 1. The van der Waals surface area contributed by atoms with Crippen molar-refractivity contribution in [1.82, 2.24) is 63.6 Å². The molecule has 0 atom stereocenters. The first-order chi connectivity index (χ1) is 68.5. The third-order valence-electron chi connectivity index (χ3n) is 22.8. The van der Waals surface area contributed by atoms with Crippen LogP contribution in [0.3, 0.4) is 0 Å². The van der Waals surface area contributed by atoms with Crippen molar-refractivity contribution in [3.05, 3.63) is 374 Å². The highest BCUT2D eigenvalue weighted by Crippen LogP contribution is 2.23. The third kappa shape index (κ3) is 65.8. The Morgan fingerprint density at radius 3 is 1.08 bits per heavy atom. The van der Waals surface area contributed by atoms with Gasteiger partial charge in [-0.3, -0.25) is 39.6 Å². The summed E-state index contributed by atoms with van der Waals surface area (Å²) >= 11 is 3.44. The van der Waals surface area contributed by atoms with E-state index in [-0.39, 0.29) is 11.6 Å². The van der Waals surface area contributed by atoms with Gasteiger partial charge in [-0.1, -0.05) is 289 Å². The number of benzene rings is 4. The Hall–Kier alpha value is -10.4. The predicted octanol–water partition coefficient (Wildman–Crippen LogP) is 32.2. The zero-order valence-corrected chi connectivity index (χ0v) is 97.4. The number of hydrogen-bond acceptors (Lipinski definition) is 16. The van der Waals surface area contributed by atoms with Crippen LogP contribution in [0.15, 0.2) is 303 Å². The summed E-state index contributed by atoms with van der Waals surface area (Å²) in [5, 5.41) is 3.24. The Morgan fingerprint density at radius 2 is 0.743 bits per heavy atom. The number of pyridine rings is 6. The molecule has 0 bridgehead atoms. The van der Waals surface area contributed by atoms with Crippen LogP contribution >= 0.6 is 22.7 Å². The molecule has 13 aromatic rings. The summed E-state index contributed by atoms with van der Waals surface area (Å²) in [4.78, 5) is 50.3. The van der Waals surface area contributed by atoms with Crippen molar-refractivity contribution < 1.29 is 9.47 Å². The number of hydrogen-bond donors (Lipinski definition) is 0. The van der Waals surface area contributed by atoms with E-state index in [1.54, 1.807) is 72.2 Å². The number of likely N-dealkylation sites (N-methyl/N-ethyl adjacent to an activating group) is 2. The Bertz CT molecular complexity index is 4780. The van der Waals surface area contributed by atoms with Crippen LogP contribution in [0.4, 0.5) is 0 Å². The molecule has 2 aliphatic rings. The molecule has 0 amide bonds. The van der Waals surface area contributed by atoms with E-state index in [0.29, 0.717) is 53.3 Å². The fourth-order valence-electron chi connectivity index (χ4n) is 13.9. The summed E-state index contributed by atoms with van der Waals surface area (Å²) < 4.78 is 14.0. The quantitative estimate of drug-likeness (QED) is 0.0671. The second kappa shape index (κ2) is 79.8. The first-order valence-corrected chi connectivity index (χ1v) is 54.5. The van der Waals surface area contributed by atoms with Crippen LogP contribution in [0.25, 0.3) is 0 Å². The van der Waals surface area contributed by atoms with Gasteiger partial charge in [0.2, 0.25) is 0 Å². The Morgan fingerprint density at radius 1 is 0.312 bits per heavy atom. The lowest BCUT2D eigenvalue weighted by Crippen LogP contribution is -2.47. The molecule has 2 aliphatic heterocycles. The summed E-state index contributed by atoms with van der Waals surface area (Å²) in [5.41, 5.74) is 15.5. The lowest BCUT2D eigenvalue weighted by atomic mass is 10.0. The largest absolute Gasteiger partial charge is 0.497 e. The fourth-order valence-corrected chi connectivity index (χ4v) is 15.2. The second-order valence-corrected chi connectivity index (χ2v) is 43.3. The van der Waals surface area contributed by atoms with E-state index in [2.05, 4.69) is 402 Å². The van der Waals surface area contributed by atoms with Crippen molar-refractivity contribution in [3.8, 4) is 11.5 Å². The molecule has 792 valence electrons. The van der Waals surface area contributed by atoms with Crippen molar-refractivity contribution in [3.63, 3.8) is 0 Å². The molecule has 0 saturated carbocycles. The van der Waals surface area contributed by atoms with Gasteiger partial charge in [-0.2, -0.15) is 0 Å². The molecule has 9 aromatic heterocycles. The molecule has 11 heterocycles. The number of nitrogens with zero attached hydrogens (tertiary/aromatic N) is 13. The Labute approximate surface area is 885 Å². The maximum Gasteiger partial charge on any atom is 0.250 e. The average molecular weight is 2000 g/mol. The molecule has 4 aromatic carbocycles. The van der Waals surface area contributed by atoms with Crippen molar-refractivity contribution in [2.24, 2.45) is 30.7 Å². The molecular weight excluding hydrogens is 1810 g/mol. The molecule has 0 spiro atoms. The zero-order valence-electron chi connectivity index (χ0n) is 95.8. The van der Waals surface area contributed by atoms with E-state index >= 15 is 0 Å². The van der Waals surface area contributed by atoms with Gasteiger partial charge in [-0.05, 0) is 267 Å².